The first-order chi connectivity index (χ1) is 9.52. The Kier molecular flexibility index (Phi) is 3.76. The van der Waals surface area contributed by atoms with E-state index in [9.17, 15) is 0 Å². The highest BCUT2D eigenvalue weighted by Gasteiger charge is 2.32. The fourth-order valence-corrected chi connectivity index (χ4v) is 3.79. The molecule has 3 unspecified atom stereocenters. The highest BCUT2D eigenvalue weighted by molar-refractivity contribution is 5.30. The summed E-state index contributed by atoms with van der Waals surface area (Å²) < 4.78 is 10.9. The average Bonchev–Trinajstić information content (AvgIpc) is 3.18. The van der Waals surface area contributed by atoms with Crippen LogP contribution in [0.2, 0.25) is 0 Å². The van der Waals surface area contributed by atoms with E-state index in [1.165, 1.54) is 24.8 Å². The summed E-state index contributed by atoms with van der Waals surface area (Å²) in [5.41, 5.74) is 1.94. The molecule has 0 amide bonds. The van der Waals surface area contributed by atoms with Crippen LogP contribution >= 0.6 is 0 Å². The summed E-state index contributed by atoms with van der Waals surface area (Å²) in [6.45, 7) is 8.74. The van der Waals surface area contributed by atoms with Gasteiger partial charge in [0, 0.05) is 0 Å². The van der Waals surface area contributed by atoms with E-state index < -0.39 is 0 Å². The Morgan fingerprint density at radius 1 is 1.20 bits per heavy atom. The van der Waals surface area contributed by atoms with Gasteiger partial charge in [-0.15, -0.1) is 0 Å². The summed E-state index contributed by atoms with van der Waals surface area (Å²) in [6, 6.07) is 8.73. The van der Waals surface area contributed by atoms with Crippen LogP contribution in [-0.4, -0.2) is 19.3 Å². The Labute approximate surface area is 122 Å². The SMILES string of the molecule is CC1CC(c2ccc(OCC3CO3)cc2)CC(C)(C)C1. The molecule has 1 saturated heterocycles. The van der Waals surface area contributed by atoms with E-state index >= 15 is 0 Å². The minimum absolute atomic E-state index is 0.328. The van der Waals surface area contributed by atoms with Crippen molar-refractivity contribution in [2.45, 2.75) is 52.1 Å². The predicted octanol–water partition coefficient (Wildman–Crippen LogP) is 4.39. The van der Waals surface area contributed by atoms with Gasteiger partial charge in [-0.2, -0.15) is 0 Å². The first kappa shape index (κ1) is 13.9. The van der Waals surface area contributed by atoms with Gasteiger partial charge in [0.25, 0.3) is 0 Å². The van der Waals surface area contributed by atoms with Gasteiger partial charge in [-0.1, -0.05) is 32.9 Å². The van der Waals surface area contributed by atoms with Crippen LogP contribution in [0.3, 0.4) is 0 Å². The summed E-state index contributed by atoms with van der Waals surface area (Å²) in [7, 11) is 0. The maximum absolute atomic E-state index is 5.71. The van der Waals surface area contributed by atoms with Gasteiger partial charge in [0.15, 0.2) is 0 Å². The third-order valence-electron chi connectivity index (χ3n) is 4.58. The highest BCUT2D eigenvalue weighted by Crippen LogP contribution is 2.46. The first-order valence-electron chi connectivity index (χ1n) is 7.86. The maximum Gasteiger partial charge on any atom is 0.119 e. The van der Waals surface area contributed by atoms with Crippen molar-refractivity contribution in [2.24, 2.45) is 11.3 Å². The lowest BCUT2D eigenvalue weighted by atomic mass is 9.66. The standard InChI is InChI=1S/C18H26O2/c1-13-8-15(10-18(2,3)9-13)14-4-6-16(7-5-14)19-11-17-12-20-17/h4-7,13,15,17H,8-12H2,1-3H3. The molecule has 0 N–H and O–H groups in total. The Morgan fingerprint density at radius 3 is 2.50 bits per heavy atom. The zero-order valence-electron chi connectivity index (χ0n) is 12.9. The summed E-state index contributed by atoms with van der Waals surface area (Å²) in [4.78, 5) is 0. The van der Waals surface area contributed by atoms with Crippen LogP contribution in [0.1, 0.15) is 51.5 Å². The van der Waals surface area contributed by atoms with E-state index in [0.717, 1.165) is 18.3 Å². The molecule has 3 atom stereocenters. The molecular weight excluding hydrogens is 248 g/mol. The first-order valence-corrected chi connectivity index (χ1v) is 7.86. The van der Waals surface area contributed by atoms with Crippen molar-refractivity contribution in [3.8, 4) is 5.75 Å². The summed E-state index contributed by atoms with van der Waals surface area (Å²) in [5, 5.41) is 0. The molecule has 0 radical (unpaired) electrons. The fourth-order valence-electron chi connectivity index (χ4n) is 3.79. The minimum atomic E-state index is 0.328. The molecule has 1 aliphatic carbocycles. The van der Waals surface area contributed by atoms with Gasteiger partial charge in [-0.05, 0) is 54.2 Å². The number of ether oxygens (including phenoxy) is 2. The second-order valence-corrected chi connectivity index (χ2v) is 7.45. The fraction of sp³-hybridized carbons (Fsp3) is 0.667. The van der Waals surface area contributed by atoms with Crippen molar-refractivity contribution in [2.75, 3.05) is 13.2 Å². The lowest BCUT2D eigenvalue weighted by Crippen LogP contribution is -2.26. The van der Waals surface area contributed by atoms with Crippen LogP contribution in [0.5, 0.6) is 5.75 Å². The summed E-state index contributed by atoms with van der Waals surface area (Å²) in [5.74, 6) is 2.49. The number of benzene rings is 1. The molecule has 2 heteroatoms. The molecule has 20 heavy (non-hydrogen) atoms. The van der Waals surface area contributed by atoms with E-state index in [1.807, 2.05) is 0 Å². The van der Waals surface area contributed by atoms with Crippen LogP contribution in [-0.2, 0) is 4.74 Å². The Bertz CT molecular complexity index is 445. The van der Waals surface area contributed by atoms with Crippen LogP contribution in [0.4, 0.5) is 0 Å². The molecule has 1 saturated carbocycles. The third-order valence-corrected chi connectivity index (χ3v) is 4.58. The number of rotatable bonds is 4. The zero-order valence-corrected chi connectivity index (χ0v) is 12.9. The van der Waals surface area contributed by atoms with Crippen LogP contribution in [0, 0.1) is 11.3 Å². The van der Waals surface area contributed by atoms with Gasteiger partial charge < -0.3 is 9.47 Å². The van der Waals surface area contributed by atoms with Crippen molar-refractivity contribution in [3.63, 3.8) is 0 Å². The molecule has 2 nitrogen and oxygen atoms in total. The Balaban J connectivity index is 1.63. The van der Waals surface area contributed by atoms with E-state index in [1.54, 1.807) is 0 Å². The average molecular weight is 274 g/mol. The van der Waals surface area contributed by atoms with Gasteiger partial charge in [0.2, 0.25) is 0 Å². The molecule has 2 fully saturated rings. The van der Waals surface area contributed by atoms with Crippen LogP contribution in [0.25, 0.3) is 0 Å². The van der Waals surface area contributed by atoms with Gasteiger partial charge in [0.1, 0.15) is 18.5 Å². The Hall–Kier alpha value is -1.02. The number of hydrogen-bond acceptors (Lipinski definition) is 2. The molecule has 1 aliphatic heterocycles. The molecule has 2 aliphatic rings. The van der Waals surface area contributed by atoms with Gasteiger partial charge >= 0.3 is 0 Å². The van der Waals surface area contributed by atoms with Gasteiger partial charge in [-0.3, -0.25) is 0 Å². The maximum atomic E-state index is 5.71. The topological polar surface area (TPSA) is 21.8 Å². The molecule has 110 valence electrons. The zero-order chi connectivity index (χ0) is 14.2. The molecule has 1 aromatic rings. The molecule has 0 bridgehead atoms. The normalized spacial score (nSPS) is 31.9. The third kappa shape index (κ3) is 3.54. The molecule has 1 aromatic carbocycles. The van der Waals surface area contributed by atoms with E-state index in [2.05, 4.69) is 45.0 Å². The number of hydrogen-bond donors (Lipinski definition) is 0. The molecule has 3 rings (SSSR count). The van der Waals surface area contributed by atoms with Gasteiger partial charge in [0.05, 0.1) is 6.61 Å². The van der Waals surface area contributed by atoms with E-state index in [-0.39, 0.29) is 0 Å². The van der Waals surface area contributed by atoms with Crippen molar-refractivity contribution in [3.05, 3.63) is 29.8 Å². The predicted molar refractivity (Wildman–Crippen MR) is 81.2 cm³/mol. The molecule has 1 heterocycles. The monoisotopic (exact) mass is 274 g/mol. The van der Waals surface area contributed by atoms with Crippen molar-refractivity contribution in [1.29, 1.82) is 0 Å². The lowest BCUT2D eigenvalue weighted by molar-refractivity contribution is 0.168. The lowest BCUT2D eigenvalue weighted by Gasteiger charge is -2.39. The van der Waals surface area contributed by atoms with Gasteiger partial charge in [-0.25, -0.2) is 0 Å². The highest BCUT2D eigenvalue weighted by atomic mass is 16.6. The summed E-state index contributed by atoms with van der Waals surface area (Å²) in [6.07, 6.45) is 4.30. The van der Waals surface area contributed by atoms with E-state index in [0.29, 0.717) is 24.0 Å². The molecule has 0 aromatic heterocycles. The largest absolute Gasteiger partial charge is 0.491 e. The quantitative estimate of drug-likeness (QED) is 0.759. The molecule has 0 spiro atoms. The van der Waals surface area contributed by atoms with Crippen molar-refractivity contribution in [1.82, 2.24) is 0 Å². The van der Waals surface area contributed by atoms with Crippen LogP contribution in [0.15, 0.2) is 24.3 Å². The second kappa shape index (κ2) is 5.40. The molecular formula is C18H26O2. The minimum Gasteiger partial charge on any atom is -0.491 e. The Morgan fingerprint density at radius 2 is 1.90 bits per heavy atom. The number of epoxide rings is 1. The van der Waals surface area contributed by atoms with Crippen molar-refractivity contribution >= 4 is 0 Å². The van der Waals surface area contributed by atoms with Crippen molar-refractivity contribution < 1.29 is 9.47 Å². The van der Waals surface area contributed by atoms with E-state index in [4.69, 9.17) is 9.47 Å². The smallest absolute Gasteiger partial charge is 0.119 e. The van der Waals surface area contributed by atoms with Crippen LogP contribution < -0.4 is 4.74 Å². The second-order valence-electron chi connectivity index (χ2n) is 7.45. The summed E-state index contributed by atoms with van der Waals surface area (Å²) >= 11 is 0.